The van der Waals surface area contributed by atoms with Gasteiger partial charge in [0.05, 0.1) is 5.92 Å². The first-order valence-corrected chi connectivity index (χ1v) is 8.62. The fraction of sp³-hybridized carbons (Fsp3) is 0.632. The lowest BCUT2D eigenvalue weighted by Crippen LogP contribution is -2.52. The summed E-state index contributed by atoms with van der Waals surface area (Å²) in [5.74, 6) is 0.679. The lowest BCUT2D eigenvalue weighted by molar-refractivity contribution is -0.136. The van der Waals surface area contributed by atoms with Crippen molar-refractivity contribution in [2.45, 2.75) is 46.1 Å². The van der Waals surface area contributed by atoms with E-state index in [4.69, 9.17) is 0 Å². The molecular weight excluding hydrogens is 272 g/mol. The monoisotopic (exact) mass is 302 g/mol. The molecule has 1 aromatic rings. The van der Waals surface area contributed by atoms with Gasteiger partial charge in [-0.3, -0.25) is 9.69 Å². The van der Waals surface area contributed by atoms with Gasteiger partial charge in [-0.1, -0.05) is 50.6 Å². The molecule has 0 N–H and O–H groups in total. The predicted molar refractivity (Wildman–Crippen MR) is 91.9 cm³/mol. The molecule has 0 saturated carbocycles. The molecule has 1 aromatic carbocycles. The molecule has 3 heteroatoms. The van der Waals surface area contributed by atoms with Gasteiger partial charge < -0.3 is 4.90 Å². The summed E-state index contributed by atoms with van der Waals surface area (Å²) in [7, 11) is 0. The van der Waals surface area contributed by atoms with Crippen molar-refractivity contribution < 1.29 is 4.79 Å². The molecule has 0 spiro atoms. The van der Waals surface area contributed by atoms with Gasteiger partial charge >= 0.3 is 0 Å². The maximum Gasteiger partial charge on any atom is 0.230 e. The van der Waals surface area contributed by atoms with Crippen LogP contribution in [0.15, 0.2) is 30.3 Å². The highest BCUT2D eigenvalue weighted by atomic mass is 16.2. The summed E-state index contributed by atoms with van der Waals surface area (Å²) in [6.07, 6.45) is 1.03. The van der Waals surface area contributed by atoms with Crippen molar-refractivity contribution in [2.24, 2.45) is 5.92 Å². The molecule has 3 nitrogen and oxygen atoms in total. The van der Waals surface area contributed by atoms with Gasteiger partial charge in [-0.25, -0.2) is 0 Å². The summed E-state index contributed by atoms with van der Waals surface area (Å²) in [6.45, 7) is 12.5. The molecular formula is C19H30N2O. The van der Waals surface area contributed by atoms with Crippen molar-refractivity contribution in [3.05, 3.63) is 35.9 Å². The summed E-state index contributed by atoms with van der Waals surface area (Å²) >= 11 is 0. The minimum Gasteiger partial charge on any atom is -0.340 e. The molecule has 2 rings (SSSR count). The zero-order valence-corrected chi connectivity index (χ0v) is 14.5. The van der Waals surface area contributed by atoms with Crippen molar-refractivity contribution in [3.63, 3.8) is 0 Å². The molecule has 1 amide bonds. The average molecular weight is 302 g/mol. The van der Waals surface area contributed by atoms with E-state index in [2.05, 4.69) is 49.6 Å². The van der Waals surface area contributed by atoms with E-state index in [0.29, 0.717) is 17.9 Å². The molecule has 1 fully saturated rings. The highest BCUT2D eigenvalue weighted by molar-refractivity contribution is 5.84. The number of carbonyl (C=O) groups excluding carboxylic acids is 1. The Bertz CT molecular complexity index is 464. The second-order valence-corrected chi connectivity index (χ2v) is 6.73. The highest BCUT2D eigenvalue weighted by Crippen LogP contribution is 2.29. The van der Waals surface area contributed by atoms with Gasteiger partial charge in [0.2, 0.25) is 5.91 Å². The summed E-state index contributed by atoms with van der Waals surface area (Å²) in [6, 6.07) is 10.8. The van der Waals surface area contributed by atoms with Crippen molar-refractivity contribution >= 4 is 5.91 Å². The first kappa shape index (κ1) is 17.0. The fourth-order valence-corrected chi connectivity index (χ4v) is 3.27. The van der Waals surface area contributed by atoms with Gasteiger partial charge in [-0.15, -0.1) is 0 Å². The number of piperazine rings is 1. The Labute approximate surface area is 135 Å². The van der Waals surface area contributed by atoms with E-state index in [1.165, 1.54) is 0 Å². The second-order valence-electron chi connectivity index (χ2n) is 6.73. The zero-order valence-electron chi connectivity index (χ0n) is 14.5. The standard InChI is InChI=1S/C19H30N2O/c1-5-16(4)18(17-9-7-6-8-10-17)19(22)21-13-11-20(12-14-21)15(2)3/h6-10,15-16,18H,5,11-14H2,1-4H3. The highest BCUT2D eigenvalue weighted by Gasteiger charge is 2.31. The quantitative estimate of drug-likeness (QED) is 0.832. The molecule has 0 aromatic heterocycles. The Morgan fingerprint density at radius 3 is 2.14 bits per heavy atom. The smallest absolute Gasteiger partial charge is 0.230 e. The minimum absolute atomic E-state index is 0.00296. The zero-order chi connectivity index (χ0) is 16.1. The molecule has 1 heterocycles. The van der Waals surface area contributed by atoms with Crippen LogP contribution in [0.4, 0.5) is 0 Å². The largest absolute Gasteiger partial charge is 0.340 e. The van der Waals surface area contributed by atoms with E-state index in [1.807, 2.05) is 18.2 Å². The van der Waals surface area contributed by atoms with Crippen molar-refractivity contribution in [1.82, 2.24) is 9.80 Å². The van der Waals surface area contributed by atoms with Gasteiger partial charge in [0.15, 0.2) is 0 Å². The number of hydrogen-bond acceptors (Lipinski definition) is 2. The number of carbonyl (C=O) groups is 1. The normalized spacial score (nSPS) is 19.2. The molecule has 2 unspecified atom stereocenters. The fourth-order valence-electron chi connectivity index (χ4n) is 3.27. The van der Waals surface area contributed by atoms with Gasteiger partial charge in [-0.05, 0) is 25.3 Å². The van der Waals surface area contributed by atoms with Crippen LogP contribution in [0.2, 0.25) is 0 Å². The number of rotatable bonds is 5. The van der Waals surface area contributed by atoms with Gasteiger partial charge in [-0.2, -0.15) is 0 Å². The van der Waals surface area contributed by atoms with Crippen LogP contribution < -0.4 is 0 Å². The Balaban J connectivity index is 2.10. The average Bonchev–Trinajstić information content (AvgIpc) is 2.55. The maximum atomic E-state index is 13.1. The van der Waals surface area contributed by atoms with Gasteiger partial charge in [0.25, 0.3) is 0 Å². The number of nitrogens with zero attached hydrogens (tertiary/aromatic N) is 2. The third-order valence-corrected chi connectivity index (χ3v) is 4.99. The summed E-state index contributed by atoms with van der Waals surface area (Å²) < 4.78 is 0. The van der Waals surface area contributed by atoms with Crippen molar-refractivity contribution in [1.29, 1.82) is 0 Å². The Kier molecular flexibility index (Phi) is 6.01. The first-order chi connectivity index (χ1) is 10.5. The minimum atomic E-state index is -0.00296. The van der Waals surface area contributed by atoms with Gasteiger partial charge in [0, 0.05) is 32.2 Å². The Morgan fingerprint density at radius 1 is 1.05 bits per heavy atom. The van der Waals surface area contributed by atoms with E-state index in [0.717, 1.165) is 38.2 Å². The molecule has 0 aliphatic carbocycles. The van der Waals surface area contributed by atoms with Crippen LogP contribution in [-0.4, -0.2) is 47.9 Å². The van der Waals surface area contributed by atoms with E-state index in [1.54, 1.807) is 0 Å². The summed E-state index contributed by atoms with van der Waals surface area (Å²) in [4.78, 5) is 17.6. The van der Waals surface area contributed by atoms with Crippen LogP contribution in [0.1, 0.15) is 45.6 Å². The molecule has 1 saturated heterocycles. The maximum absolute atomic E-state index is 13.1. The van der Waals surface area contributed by atoms with Crippen LogP contribution >= 0.6 is 0 Å². The third kappa shape index (κ3) is 3.89. The molecule has 0 bridgehead atoms. The van der Waals surface area contributed by atoms with Crippen LogP contribution in [0.25, 0.3) is 0 Å². The third-order valence-electron chi connectivity index (χ3n) is 4.99. The predicted octanol–water partition coefficient (Wildman–Crippen LogP) is 3.37. The lowest BCUT2D eigenvalue weighted by Gasteiger charge is -2.39. The van der Waals surface area contributed by atoms with E-state index >= 15 is 0 Å². The Hall–Kier alpha value is -1.35. The lowest BCUT2D eigenvalue weighted by atomic mass is 9.84. The summed E-state index contributed by atoms with van der Waals surface area (Å²) in [5.41, 5.74) is 1.16. The van der Waals surface area contributed by atoms with Crippen LogP contribution in [-0.2, 0) is 4.79 Å². The van der Waals surface area contributed by atoms with Gasteiger partial charge in [0.1, 0.15) is 0 Å². The van der Waals surface area contributed by atoms with Crippen molar-refractivity contribution in [2.75, 3.05) is 26.2 Å². The van der Waals surface area contributed by atoms with E-state index < -0.39 is 0 Å². The molecule has 1 aliphatic heterocycles. The van der Waals surface area contributed by atoms with E-state index in [-0.39, 0.29) is 5.92 Å². The number of amides is 1. The second kappa shape index (κ2) is 7.77. The molecule has 0 radical (unpaired) electrons. The Morgan fingerprint density at radius 2 is 1.64 bits per heavy atom. The number of benzene rings is 1. The number of hydrogen-bond donors (Lipinski definition) is 0. The van der Waals surface area contributed by atoms with Crippen LogP contribution in [0, 0.1) is 5.92 Å². The van der Waals surface area contributed by atoms with Crippen LogP contribution in [0.3, 0.4) is 0 Å². The topological polar surface area (TPSA) is 23.6 Å². The first-order valence-electron chi connectivity index (χ1n) is 8.62. The molecule has 122 valence electrons. The molecule has 22 heavy (non-hydrogen) atoms. The molecule has 2 atom stereocenters. The van der Waals surface area contributed by atoms with E-state index in [9.17, 15) is 4.79 Å². The summed E-state index contributed by atoms with van der Waals surface area (Å²) in [5, 5.41) is 0. The van der Waals surface area contributed by atoms with Crippen LogP contribution in [0.5, 0.6) is 0 Å². The molecule has 1 aliphatic rings. The SMILES string of the molecule is CCC(C)C(C(=O)N1CCN(C(C)C)CC1)c1ccccc1. The van der Waals surface area contributed by atoms with Crippen molar-refractivity contribution in [3.8, 4) is 0 Å².